The van der Waals surface area contributed by atoms with Crippen LogP contribution in [-0.2, 0) is 5.88 Å². The van der Waals surface area contributed by atoms with E-state index in [0.29, 0.717) is 11.3 Å². The van der Waals surface area contributed by atoms with Gasteiger partial charge in [-0.25, -0.2) is 0 Å². The maximum absolute atomic E-state index is 12.4. The van der Waals surface area contributed by atoms with Crippen LogP contribution < -0.4 is 0 Å². The van der Waals surface area contributed by atoms with E-state index in [1.165, 1.54) is 0 Å². The summed E-state index contributed by atoms with van der Waals surface area (Å²) in [5, 5.41) is 0. The molecule has 2 rings (SSSR count). The van der Waals surface area contributed by atoms with Gasteiger partial charge in [0.25, 0.3) is 5.91 Å². The van der Waals surface area contributed by atoms with Crippen molar-refractivity contribution in [2.45, 2.75) is 32.6 Å². The molecule has 0 aromatic heterocycles. The molecule has 18 heavy (non-hydrogen) atoms. The van der Waals surface area contributed by atoms with Crippen molar-refractivity contribution in [2.24, 2.45) is 5.41 Å². The number of hydrogen-bond donors (Lipinski definition) is 0. The Morgan fingerprint density at radius 3 is 2.61 bits per heavy atom. The van der Waals surface area contributed by atoms with Crippen LogP contribution in [-0.4, -0.2) is 23.9 Å². The number of carbonyl (C=O) groups is 1. The van der Waals surface area contributed by atoms with Gasteiger partial charge in [-0.15, -0.1) is 11.6 Å². The average Bonchev–Trinajstić information content (AvgIpc) is 2.38. The highest BCUT2D eigenvalue weighted by molar-refractivity contribution is 6.17. The third-order valence-electron chi connectivity index (χ3n) is 3.73. The van der Waals surface area contributed by atoms with Gasteiger partial charge in [-0.05, 0) is 36.0 Å². The van der Waals surface area contributed by atoms with Gasteiger partial charge in [0.05, 0.1) is 0 Å². The molecule has 2 nitrogen and oxygen atoms in total. The van der Waals surface area contributed by atoms with Crippen molar-refractivity contribution in [1.82, 2.24) is 4.90 Å². The lowest BCUT2D eigenvalue weighted by Crippen LogP contribution is -2.41. The Morgan fingerprint density at radius 1 is 1.33 bits per heavy atom. The summed E-state index contributed by atoms with van der Waals surface area (Å²) < 4.78 is 0. The summed E-state index contributed by atoms with van der Waals surface area (Å²) in [5.41, 5.74) is 2.13. The van der Waals surface area contributed by atoms with Gasteiger partial charge in [-0.3, -0.25) is 4.79 Å². The van der Waals surface area contributed by atoms with Crippen LogP contribution in [0, 0.1) is 5.41 Å². The van der Waals surface area contributed by atoms with E-state index in [9.17, 15) is 4.79 Å². The van der Waals surface area contributed by atoms with E-state index in [0.717, 1.165) is 37.1 Å². The number of carbonyl (C=O) groups excluding carboxylic acids is 1. The number of alkyl halides is 1. The lowest BCUT2D eigenvalue weighted by atomic mass is 9.82. The molecule has 1 saturated heterocycles. The van der Waals surface area contributed by atoms with Crippen molar-refractivity contribution < 1.29 is 4.79 Å². The second-order valence-electron chi connectivity index (χ2n) is 5.79. The van der Waals surface area contributed by atoms with Crippen molar-refractivity contribution in [3.63, 3.8) is 0 Å². The van der Waals surface area contributed by atoms with Gasteiger partial charge in [0, 0.05) is 24.5 Å². The Balaban J connectivity index is 2.07. The minimum atomic E-state index is 0.137. The van der Waals surface area contributed by atoms with Crippen molar-refractivity contribution in [3.8, 4) is 0 Å². The Labute approximate surface area is 114 Å². The zero-order valence-corrected chi connectivity index (χ0v) is 11.8. The summed E-state index contributed by atoms with van der Waals surface area (Å²) in [7, 11) is 0. The summed E-state index contributed by atoms with van der Waals surface area (Å²) in [4.78, 5) is 14.3. The highest BCUT2D eigenvalue weighted by Gasteiger charge is 2.28. The third-order valence-corrected chi connectivity index (χ3v) is 4.04. The number of halogens is 1. The van der Waals surface area contributed by atoms with Crippen molar-refractivity contribution in [3.05, 3.63) is 35.4 Å². The van der Waals surface area contributed by atoms with Crippen LogP contribution in [0.5, 0.6) is 0 Å². The van der Waals surface area contributed by atoms with Crippen LogP contribution in [0.2, 0.25) is 0 Å². The molecule has 1 amide bonds. The van der Waals surface area contributed by atoms with Crippen molar-refractivity contribution in [2.75, 3.05) is 13.1 Å². The van der Waals surface area contributed by atoms with Gasteiger partial charge in [0.15, 0.2) is 0 Å². The Kier molecular flexibility index (Phi) is 3.96. The van der Waals surface area contributed by atoms with Crippen LogP contribution in [0.15, 0.2) is 24.3 Å². The molecule has 0 saturated carbocycles. The van der Waals surface area contributed by atoms with Crippen LogP contribution in [0.1, 0.15) is 42.6 Å². The van der Waals surface area contributed by atoms with Gasteiger partial charge in [-0.1, -0.05) is 26.0 Å². The summed E-state index contributed by atoms with van der Waals surface area (Å²) in [6, 6.07) is 7.62. The van der Waals surface area contributed by atoms with E-state index >= 15 is 0 Å². The Morgan fingerprint density at radius 2 is 2.00 bits per heavy atom. The number of benzene rings is 1. The molecule has 0 radical (unpaired) electrons. The van der Waals surface area contributed by atoms with E-state index < -0.39 is 0 Å². The average molecular weight is 266 g/mol. The largest absolute Gasteiger partial charge is 0.339 e. The first-order chi connectivity index (χ1) is 8.52. The topological polar surface area (TPSA) is 20.3 Å². The SMILES string of the molecule is CC1(C)CCN(C(=O)c2cccc(CCl)c2)CC1. The maximum atomic E-state index is 12.4. The molecule has 0 spiro atoms. The van der Waals surface area contributed by atoms with Crippen LogP contribution in [0.3, 0.4) is 0 Å². The first-order valence-electron chi connectivity index (χ1n) is 6.46. The van der Waals surface area contributed by atoms with Crippen LogP contribution in [0.25, 0.3) is 0 Å². The summed E-state index contributed by atoms with van der Waals surface area (Å²) in [6.45, 7) is 6.25. The molecule has 3 heteroatoms. The predicted molar refractivity (Wildman–Crippen MR) is 74.9 cm³/mol. The first kappa shape index (κ1) is 13.4. The second-order valence-corrected chi connectivity index (χ2v) is 6.06. The molecule has 0 atom stereocenters. The normalized spacial score (nSPS) is 18.7. The summed E-state index contributed by atoms with van der Waals surface area (Å²) in [6.07, 6.45) is 2.15. The van der Waals surface area contributed by atoms with E-state index in [1.54, 1.807) is 0 Å². The molecule has 1 heterocycles. The van der Waals surface area contributed by atoms with Crippen LogP contribution >= 0.6 is 11.6 Å². The first-order valence-corrected chi connectivity index (χ1v) is 6.99. The van der Waals surface area contributed by atoms with E-state index in [1.807, 2.05) is 29.2 Å². The quantitative estimate of drug-likeness (QED) is 0.747. The smallest absolute Gasteiger partial charge is 0.253 e. The fraction of sp³-hybridized carbons (Fsp3) is 0.533. The maximum Gasteiger partial charge on any atom is 0.253 e. The van der Waals surface area contributed by atoms with Crippen molar-refractivity contribution in [1.29, 1.82) is 0 Å². The standard InChI is InChI=1S/C15H20ClNO/c1-15(2)6-8-17(9-7-15)14(18)13-5-3-4-12(10-13)11-16/h3-5,10H,6-9,11H2,1-2H3. The van der Waals surface area contributed by atoms with Gasteiger partial charge < -0.3 is 4.90 Å². The molecule has 1 aliphatic heterocycles. The van der Waals surface area contributed by atoms with Gasteiger partial charge in [-0.2, -0.15) is 0 Å². The second kappa shape index (κ2) is 5.31. The fourth-order valence-electron chi connectivity index (χ4n) is 2.29. The molecule has 0 unspecified atom stereocenters. The molecule has 1 aromatic carbocycles. The minimum absolute atomic E-state index is 0.137. The summed E-state index contributed by atoms with van der Waals surface area (Å²) in [5.74, 6) is 0.589. The zero-order valence-electron chi connectivity index (χ0n) is 11.1. The third kappa shape index (κ3) is 3.05. The molecule has 98 valence electrons. The van der Waals surface area contributed by atoms with Crippen molar-refractivity contribution >= 4 is 17.5 Å². The van der Waals surface area contributed by atoms with E-state index in [2.05, 4.69) is 13.8 Å². The molecule has 0 N–H and O–H groups in total. The fourth-order valence-corrected chi connectivity index (χ4v) is 2.45. The molecule has 1 aliphatic rings. The molecule has 1 aromatic rings. The highest BCUT2D eigenvalue weighted by Crippen LogP contribution is 2.30. The number of piperidine rings is 1. The highest BCUT2D eigenvalue weighted by atomic mass is 35.5. The van der Waals surface area contributed by atoms with Gasteiger partial charge in [0.1, 0.15) is 0 Å². The number of likely N-dealkylation sites (tertiary alicyclic amines) is 1. The lowest BCUT2D eigenvalue weighted by Gasteiger charge is -2.37. The van der Waals surface area contributed by atoms with Gasteiger partial charge >= 0.3 is 0 Å². The molecular weight excluding hydrogens is 246 g/mol. The monoisotopic (exact) mass is 265 g/mol. The van der Waals surface area contributed by atoms with E-state index in [4.69, 9.17) is 11.6 Å². The number of rotatable bonds is 2. The predicted octanol–water partition coefficient (Wildman–Crippen LogP) is 3.69. The van der Waals surface area contributed by atoms with Gasteiger partial charge in [0.2, 0.25) is 0 Å². The Hall–Kier alpha value is -1.02. The van der Waals surface area contributed by atoms with E-state index in [-0.39, 0.29) is 5.91 Å². The molecular formula is C15H20ClNO. The Bertz CT molecular complexity index is 432. The number of hydrogen-bond acceptors (Lipinski definition) is 1. The molecule has 1 fully saturated rings. The lowest BCUT2D eigenvalue weighted by molar-refractivity contribution is 0.0630. The summed E-state index contributed by atoms with van der Waals surface area (Å²) >= 11 is 5.80. The molecule has 0 bridgehead atoms. The number of nitrogens with zero attached hydrogens (tertiary/aromatic N) is 1. The molecule has 0 aliphatic carbocycles. The zero-order chi connectivity index (χ0) is 13.2. The van der Waals surface area contributed by atoms with Crippen LogP contribution in [0.4, 0.5) is 0 Å². The number of amides is 1. The minimum Gasteiger partial charge on any atom is -0.339 e.